The Bertz CT molecular complexity index is 1000. The van der Waals surface area contributed by atoms with Gasteiger partial charge in [0, 0.05) is 18.1 Å². The molecule has 1 amide bonds. The summed E-state index contributed by atoms with van der Waals surface area (Å²) in [6.45, 7) is -0.167. The smallest absolute Gasteiger partial charge is 0.243 e. The number of amides is 1. The molecule has 0 bridgehead atoms. The van der Waals surface area contributed by atoms with Crippen LogP contribution in [0, 0.1) is 0 Å². The van der Waals surface area contributed by atoms with Gasteiger partial charge in [-0.2, -0.15) is 4.31 Å². The Morgan fingerprint density at radius 2 is 1.76 bits per heavy atom. The van der Waals surface area contributed by atoms with Crippen LogP contribution in [0.1, 0.15) is 42.9 Å². The molecule has 2 aliphatic rings. The number of rotatable bonds is 6. The van der Waals surface area contributed by atoms with Crippen molar-refractivity contribution in [3.63, 3.8) is 0 Å². The summed E-state index contributed by atoms with van der Waals surface area (Å²) in [6.07, 6.45) is 4.96. The Morgan fingerprint density at radius 3 is 2.45 bits per heavy atom. The second-order valence-corrected chi connectivity index (χ2v) is 10.3. The van der Waals surface area contributed by atoms with Gasteiger partial charge in [-0.25, -0.2) is 8.42 Å². The van der Waals surface area contributed by atoms with Crippen molar-refractivity contribution < 1.29 is 13.2 Å². The average Bonchev–Trinajstić information content (AvgIpc) is 3.53. The summed E-state index contributed by atoms with van der Waals surface area (Å²) in [5, 5.41) is 0.471. The zero-order valence-electron chi connectivity index (χ0n) is 16.4. The van der Waals surface area contributed by atoms with E-state index in [0.29, 0.717) is 5.02 Å². The maximum atomic E-state index is 13.3. The molecule has 1 saturated carbocycles. The molecule has 1 fully saturated rings. The third-order valence-corrected chi connectivity index (χ3v) is 7.85. The number of carbonyl (C=O) groups excluding carboxylic acids is 1. The van der Waals surface area contributed by atoms with Gasteiger partial charge >= 0.3 is 0 Å². The van der Waals surface area contributed by atoms with Crippen molar-refractivity contribution >= 4 is 27.5 Å². The van der Waals surface area contributed by atoms with E-state index in [4.69, 9.17) is 11.6 Å². The van der Waals surface area contributed by atoms with Crippen LogP contribution in [-0.2, 0) is 21.2 Å². The summed E-state index contributed by atoms with van der Waals surface area (Å²) >= 11 is 5.87. The number of sulfonamides is 1. The van der Waals surface area contributed by atoms with Crippen molar-refractivity contribution in [2.24, 2.45) is 0 Å². The zero-order valence-corrected chi connectivity index (χ0v) is 18.0. The first-order valence-electron chi connectivity index (χ1n) is 9.99. The molecule has 2 aliphatic carbocycles. The molecule has 0 radical (unpaired) electrons. The maximum Gasteiger partial charge on any atom is 0.243 e. The molecule has 0 aliphatic heterocycles. The van der Waals surface area contributed by atoms with Crippen LogP contribution >= 0.6 is 11.6 Å². The molecule has 0 spiro atoms. The van der Waals surface area contributed by atoms with Gasteiger partial charge in [-0.15, -0.1) is 0 Å². The number of hydrogen-bond acceptors (Lipinski definition) is 3. The number of hydrogen-bond donors (Lipinski definition) is 0. The van der Waals surface area contributed by atoms with Crippen LogP contribution < -0.4 is 0 Å². The summed E-state index contributed by atoms with van der Waals surface area (Å²) in [5.74, 6) is -0.130. The molecule has 4 rings (SSSR count). The van der Waals surface area contributed by atoms with Crippen LogP contribution in [0.25, 0.3) is 0 Å². The molecule has 2 aromatic carbocycles. The van der Waals surface area contributed by atoms with Crippen LogP contribution in [0.5, 0.6) is 0 Å². The third kappa shape index (κ3) is 4.20. The van der Waals surface area contributed by atoms with Crippen molar-refractivity contribution in [1.29, 1.82) is 0 Å². The average molecular weight is 433 g/mol. The van der Waals surface area contributed by atoms with E-state index in [0.717, 1.165) is 36.4 Å². The molecule has 0 aromatic heterocycles. The summed E-state index contributed by atoms with van der Waals surface area (Å²) in [5.41, 5.74) is 2.51. The molecule has 2 aromatic rings. The lowest BCUT2D eigenvalue weighted by Gasteiger charge is -2.37. The topological polar surface area (TPSA) is 57.7 Å². The minimum Gasteiger partial charge on any atom is -0.332 e. The van der Waals surface area contributed by atoms with E-state index in [9.17, 15) is 13.2 Å². The highest BCUT2D eigenvalue weighted by atomic mass is 35.5. The van der Waals surface area contributed by atoms with Gasteiger partial charge < -0.3 is 4.90 Å². The van der Waals surface area contributed by atoms with E-state index >= 15 is 0 Å². The molecule has 29 heavy (non-hydrogen) atoms. The van der Waals surface area contributed by atoms with E-state index in [1.807, 2.05) is 17.0 Å². The summed E-state index contributed by atoms with van der Waals surface area (Å²) in [4.78, 5) is 15.4. The fraction of sp³-hybridized carbons (Fsp3) is 0.409. The van der Waals surface area contributed by atoms with E-state index < -0.39 is 10.0 Å². The maximum absolute atomic E-state index is 13.3. The normalized spacial score (nSPS) is 19.1. The van der Waals surface area contributed by atoms with Gasteiger partial charge in [-0.1, -0.05) is 35.9 Å². The molecule has 0 N–H and O–H groups in total. The number of fused-ring (bicyclic) bond motifs is 1. The Labute approximate surface area is 177 Å². The van der Waals surface area contributed by atoms with Gasteiger partial charge in [0.15, 0.2) is 0 Å². The number of nitrogens with zero attached hydrogens (tertiary/aromatic N) is 2. The van der Waals surface area contributed by atoms with Crippen molar-refractivity contribution in [3.8, 4) is 0 Å². The van der Waals surface area contributed by atoms with Gasteiger partial charge in [0.25, 0.3) is 0 Å². The monoisotopic (exact) mass is 432 g/mol. The minimum absolute atomic E-state index is 0.0339. The second-order valence-electron chi connectivity index (χ2n) is 7.85. The highest BCUT2D eigenvalue weighted by Gasteiger charge is 2.40. The largest absolute Gasteiger partial charge is 0.332 e. The van der Waals surface area contributed by atoms with E-state index in [1.165, 1.54) is 30.3 Å². The van der Waals surface area contributed by atoms with Crippen LogP contribution in [0.15, 0.2) is 53.4 Å². The Kier molecular flexibility index (Phi) is 5.69. The molecule has 0 heterocycles. The Hall–Kier alpha value is -1.89. The van der Waals surface area contributed by atoms with Crippen LogP contribution in [0.2, 0.25) is 5.02 Å². The Balaban J connectivity index is 1.55. The zero-order chi connectivity index (χ0) is 20.6. The first-order chi connectivity index (χ1) is 13.9. The number of carbonyl (C=O) groups is 1. The fourth-order valence-electron chi connectivity index (χ4n) is 4.15. The predicted molar refractivity (Wildman–Crippen MR) is 113 cm³/mol. The van der Waals surface area contributed by atoms with Gasteiger partial charge in [-0.05, 0) is 67.5 Å². The van der Waals surface area contributed by atoms with Crippen molar-refractivity contribution in [2.75, 3.05) is 13.6 Å². The molecular weight excluding hydrogens is 408 g/mol. The number of benzene rings is 2. The van der Waals surface area contributed by atoms with Gasteiger partial charge in [0.1, 0.15) is 0 Å². The summed E-state index contributed by atoms with van der Waals surface area (Å²) in [7, 11) is -2.29. The van der Waals surface area contributed by atoms with Crippen LogP contribution in [-0.4, -0.2) is 43.2 Å². The summed E-state index contributed by atoms with van der Waals surface area (Å²) < 4.78 is 26.9. The second kappa shape index (κ2) is 8.09. The lowest BCUT2D eigenvalue weighted by Crippen LogP contribution is -2.44. The molecule has 1 atom stereocenters. The first kappa shape index (κ1) is 20.4. The van der Waals surface area contributed by atoms with Gasteiger partial charge in [0.05, 0.1) is 17.5 Å². The molecule has 0 unspecified atom stereocenters. The third-order valence-electron chi connectivity index (χ3n) is 5.78. The molecule has 5 nitrogen and oxygen atoms in total. The van der Waals surface area contributed by atoms with E-state index in [-0.39, 0.29) is 29.4 Å². The quantitative estimate of drug-likeness (QED) is 0.692. The molecule has 0 saturated heterocycles. The number of likely N-dealkylation sites (N-methyl/N-ethyl adjacent to an activating group) is 1. The minimum atomic E-state index is -3.75. The Morgan fingerprint density at radius 1 is 1.07 bits per heavy atom. The molecule has 154 valence electrons. The standard InChI is InChI=1S/C22H25ClN2O3S/c1-24(29(27,28)19-13-9-17(23)10-14-19)15-22(26)25(18-11-12-18)21-8-4-6-16-5-2-3-7-20(16)21/h2-3,5,7,9-10,13-14,18,21H,4,6,8,11-12,15H2,1H3/t21-/m1/s1. The fourth-order valence-corrected chi connectivity index (χ4v) is 5.39. The van der Waals surface area contributed by atoms with Gasteiger partial charge in [0.2, 0.25) is 15.9 Å². The molecular formula is C22H25ClN2O3S. The molecule has 7 heteroatoms. The number of aryl methyl sites for hydroxylation is 1. The van der Waals surface area contributed by atoms with Crippen molar-refractivity contribution in [2.45, 2.75) is 49.1 Å². The van der Waals surface area contributed by atoms with Crippen molar-refractivity contribution in [3.05, 3.63) is 64.7 Å². The first-order valence-corrected chi connectivity index (χ1v) is 11.8. The van der Waals surface area contributed by atoms with Crippen molar-refractivity contribution in [1.82, 2.24) is 9.21 Å². The van der Waals surface area contributed by atoms with Gasteiger partial charge in [-0.3, -0.25) is 4.79 Å². The predicted octanol–water partition coefficient (Wildman–Crippen LogP) is 4.03. The number of halogens is 1. The highest BCUT2D eigenvalue weighted by molar-refractivity contribution is 7.89. The highest BCUT2D eigenvalue weighted by Crippen LogP contribution is 2.40. The lowest BCUT2D eigenvalue weighted by molar-refractivity contribution is -0.134. The summed E-state index contributed by atoms with van der Waals surface area (Å²) in [6, 6.07) is 14.6. The van der Waals surface area contributed by atoms with E-state index in [1.54, 1.807) is 12.1 Å². The lowest BCUT2D eigenvalue weighted by atomic mass is 9.86. The van der Waals surface area contributed by atoms with E-state index in [2.05, 4.69) is 12.1 Å². The van der Waals surface area contributed by atoms with Crippen LogP contribution in [0.4, 0.5) is 0 Å². The SMILES string of the molecule is CN(CC(=O)N(C1CC1)[C@@H]1CCCc2ccccc21)S(=O)(=O)c1ccc(Cl)cc1. The van der Waals surface area contributed by atoms with Crippen LogP contribution in [0.3, 0.4) is 0 Å².